The lowest BCUT2D eigenvalue weighted by Gasteiger charge is -2.57. The Balaban J connectivity index is 1.65. The second-order valence-electron chi connectivity index (χ2n) is 8.13. The van der Waals surface area contributed by atoms with Crippen LogP contribution in [-0.4, -0.2) is 24.8 Å². The molecule has 0 aromatic heterocycles. The van der Waals surface area contributed by atoms with E-state index in [1.807, 2.05) is 0 Å². The van der Waals surface area contributed by atoms with Crippen LogP contribution in [0.5, 0.6) is 0 Å². The maximum absolute atomic E-state index is 6.05. The molecule has 3 fully saturated rings. The van der Waals surface area contributed by atoms with Gasteiger partial charge >= 0.3 is 0 Å². The highest BCUT2D eigenvalue weighted by atomic mass is 16.5. The molecule has 3 aliphatic rings. The van der Waals surface area contributed by atoms with Gasteiger partial charge in [-0.15, -0.1) is 0 Å². The molecule has 0 amide bonds. The molecule has 1 spiro atoms. The quantitative estimate of drug-likeness (QED) is 0.829. The first-order valence-electron chi connectivity index (χ1n) is 8.96. The standard InChI is InChI=1S/C18H33NO/c1-4-20-16-13-15(18(16)11-7-8-12-18)19-14-9-5-6-10-17(14,2)3/h14-16,19H,4-13H2,1-3H3. The van der Waals surface area contributed by atoms with E-state index in [0.29, 0.717) is 16.9 Å². The minimum absolute atomic E-state index is 0.481. The molecule has 3 rings (SSSR count). The van der Waals surface area contributed by atoms with E-state index in [9.17, 15) is 0 Å². The predicted octanol–water partition coefficient (Wildman–Crippen LogP) is 4.28. The van der Waals surface area contributed by atoms with Crippen LogP contribution in [0.3, 0.4) is 0 Å². The lowest BCUT2D eigenvalue weighted by molar-refractivity contribution is -0.136. The van der Waals surface area contributed by atoms with E-state index in [0.717, 1.165) is 18.7 Å². The summed E-state index contributed by atoms with van der Waals surface area (Å²) in [6.45, 7) is 7.95. The third kappa shape index (κ3) is 2.43. The molecule has 3 aliphatic carbocycles. The van der Waals surface area contributed by atoms with Crippen molar-refractivity contribution in [3.05, 3.63) is 0 Å². The molecule has 3 saturated carbocycles. The Morgan fingerprint density at radius 3 is 2.35 bits per heavy atom. The molecule has 2 heteroatoms. The summed E-state index contributed by atoms with van der Waals surface area (Å²) < 4.78 is 6.05. The van der Waals surface area contributed by atoms with Crippen molar-refractivity contribution in [3.8, 4) is 0 Å². The molecule has 0 heterocycles. The van der Waals surface area contributed by atoms with Gasteiger partial charge in [-0.3, -0.25) is 0 Å². The number of rotatable bonds is 4. The van der Waals surface area contributed by atoms with Crippen LogP contribution in [0.15, 0.2) is 0 Å². The summed E-state index contributed by atoms with van der Waals surface area (Å²) in [6.07, 6.45) is 13.0. The van der Waals surface area contributed by atoms with Crippen LogP contribution in [0.2, 0.25) is 0 Å². The van der Waals surface area contributed by atoms with Gasteiger partial charge in [-0.2, -0.15) is 0 Å². The van der Waals surface area contributed by atoms with Crippen LogP contribution in [0.1, 0.15) is 78.6 Å². The molecule has 2 nitrogen and oxygen atoms in total. The van der Waals surface area contributed by atoms with Gasteiger partial charge in [0.1, 0.15) is 0 Å². The molecule has 0 aromatic rings. The summed E-state index contributed by atoms with van der Waals surface area (Å²) in [5.74, 6) is 0. The molecule has 0 saturated heterocycles. The molecular formula is C18H33NO. The van der Waals surface area contributed by atoms with Gasteiger partial charge in [-0.05, 0) is 44.4 Å². The van der Waals surface area contributed by atoms with Crippen molar-refractivity contribution in [1.29, 1.82) is 0 Å². The van der Waals surface area contributed by atoms with Crippen molar-refractivity contribution in [1.82, 2.24) is 5.32 Å². The van der Waals surface area contributed by atoms with Crippen molar-refractivity contribution in [2.24, 2.45) is 10.8 Å². The predicted molar refractivity (Wildman–Crippen MR) is 83.9 cm³/mol. The smallest absolute Gasteiger partial charge is 0.0661 e. The topological polar surface area (TPSA) is 21.3 Å². The van der Waals surface area contributed by atoms with Gasteiger partial charge in [0.15, 0.2) is 0 Å². The fourth-order valence-corrected chi connectivity index (χ4v) is 5.17. The van der Waals surface area contributed by atoms with Crippen molar-refractivity contribution >= 4 is 0 Å². The first kappa shape index (κ1) is 14.8. The van der Waals surface area contributed by atoms with E-state index in [-0.39, 0.29) is 0 Å². The SMILES string of the molecule is CCOC1CC(NC2CCCCC2(C)C)C12CCCC2. The van der Waals surface area contributed by atoms with E-state index < -0.39 is 0 Å². The van der Waals surface area contributed by atoms with Crippen molar-refractivity contribution < 1.29 is 4.74 Å². The normalized spacial score (nSPS) is 38.9. The summed E-state index contributed by atoms with van der Waals surface area (Å²) in [7, 11) is 0. The van der Waals surface area contributed by atoms with Gasteiger partial charge in [0, 0.05) is 24.1 Å². The lowest BCUT2D eigenvalue weighted by atomic mass is 9.59. The largest absolute Gasteiger partial charge is 0.378 e. The summed E-state index contributed by atoms with van der Waals surface area (Å²) in [5.41, 5.74) is 0.971. The Morgan fingerprint density at radius 1 is 1.00 bits per heavy atom. The molecule has 3 unspecified atom stereocenters. The summed E-state index contributed by atoms with van der Waals surface area (Å²) in [5, 5.41) is 4.09. The van der Waals surface area contributed by atoms with Crippen LogP contribution in [0, 0.1) is 10.8 Å². The monoisotopic (exact) mass is 279 g/mol. The first-order valence-corrected chi connectivity index (χ1v) is 8.96. The molecule has 0 aromatic carbocycles. The number of hydrogen-bond acceptors (Lipinski definition) is 2. The van der Waals surface area contributed by atoms with E-state index in [2.05, 4.69) is 26.1 Å². The van der Waals surface area contributed by atoms with E-state index >= 15 is 0 Å². The fraction of sp³-hybridized carbons (Fsp3) is 1.00. The number of ether oxygens (including phenoxy) is 1. The average molecular weight is 279 g/mol. The van der Waals surface area contributed by atoms with Gasteiger partial charge in [-0.25, -0.2) is 0 Å². The van der Waals surface area contributed by atoms with Crippen LogP contribution in [0.25, 0.3) is 0 Å². The first-order chi connectivity index (χ1) is 9.58. The summed E-state index contributed by atoms with van der Waals surface area (Å²) >= 11 is 0. The molecule has 3 atom stereocenters. The van der Waals surface area contributed by atoms with Gasteiger partial charge in [0.2, 0.25) is 0 Å². The second-order valence-corrected chi connectivity index (χ2v) is 8.13. The van der Waals surface area contributed by atoms with Crippen LogP contribution < -0.4 is 5.32 Å². The lowest BCUT2D eigenvalue weighted by Crippen LogP contribution is -2.66. The zero-order valence-corrected chi connectivity index (χ0v) is 13.7. The van der Waals surface area contributed by atoms with Crippen molar-refractivity contribution in [3.63, 3.8) is 0 Å². The number of hydrogen-bond donors (Lipinski definition) is 1. The Bertz CT molecular complexity index is 332. The molecule has 0 aliphatic heterocycles. The molecular weight excluding hydrogens is 246 g/mol. The highest BCUT2D eigenvalue weighted by Crippen LogP contribution is 2.55. The van der Waals surface area contributed by atoms with Gasteiger partial charge in [-0.1, -0.05) is 39.5 Å². The minimum atomic E-state index is 0.481. The van der Waals surface area contributed by atoms with Gasteiger partial charge in [0.05, 0.1) is 6.10 Å². The summed E-state index contributed by atoms with van der Waals surface area (Å²) in [4.78, 5) is 0. The number of nitrogens with one attached hydrogen (secondary N) is 1. The zero-order chi connectivity index (χ0) is 14.2. The van der Waals surface area contributed by atoms with Gasteiger partial charge < -0.3 is 10.1 Å². The summed E-state index contributed by atoms with van der Waals surface area (Å²) in [6, 6.07) is 1.45. The Kier molecular flexibility index (Phi) is 4.16. The Hall–Kier alpha value is -0.0800. The third-order valence-corrected chi connectivity index (χ3v) is 6.60. The molecule has 0 radical (unpaired) electrons. The fourth-order valence-electron chi connectivity index (χ4n) is 5.17. The van der Waals surface area contributed by atoms with E-state index in [1.165, 1.54) is 57.8 Å². The van der Waals surface area contributed by atoms with Gasteiger partial charge in [0.25, 0.3) is 0 Å². The second kappa shape index (κ2) is 5.61. The Morgan fingerprint density at radius 2 is 1.70 bits per heavy atom. The molecule has 116 valence electrons. The third-order valence-electron chi connectivity index (χ3n) is 6.60. The average Bonchev–Trinajstić information content (AvgIpc) is 2.91. The highest BCUT2D eigenvalue weighted by Gasteiger charge is 2.57. The zero-order valence-electron chi connectivity index (χ0n) is 13.7. The maximum atomic E-state index is 6.05. The van der Waals surface area contributed by atoms with Crippen LogP contribution in [0.4, 0.5) is 0 Å². The minimum Gasteiger partial charge on any atom is -0.378 e. The highest BCUT2D eigenvalue weighted by molar-refractivity contribution is 5.11. The van der Waals surface area contributed by atoms with Crippen molar-refractivity contribution in [2.75, 3.05) is 6.61 Å². The molecule has 20 heavy (non-hydrogen) atoms. The van der Waals surface area contributed by atoms with Crippen LogP contribution in [-0.2, 0) is 4.74 Å². The maximum Gasteiger partial charge on any atom is 0.0661 e. The Labute approximate surface area is 125 Å². The molecule has 0 bridgehead atoms. The van der Waals surface area contributed by atoms with Crippen LogP contribution >= 0.6 is 0 Å². The molecule has 1 N–H and O–H groups in total. The van der Waals surface area contributed by atoms with E-state index in [1.54, 1.807) is 0 Å². The van der Waals surface area contributed by atoms with E-state index in [4.69, 9.17) is 4.74 Å². The van der Waals surface area contributed by atoms with Crippen molar-refractivity contribution in [2.45, 2.75) is 96.7 Å².